The Bertz CT molecular complexity index is 1000. The van der Waals surface area contributed by atoms with E-state index in [0.717, 1.165) is 22.5 Å². The molecule has 2 aromatic carbocycles. The number of amides is 1. The third kappa shape index (κ3) is 4.28. The molecule has 0 radical (unpaired) electrons. The van der Waals surface area contributed by atoms with Crippen LogP contribution in [-0.4, -0.2) is 23.5 Å². The summed E-state index contributed by atoms with van der Waals surface area (Å²) in [7, 11) is 0. The number of nitrogens with one attached hydrogen (secondary N) is 2. The average Bonchev–Trinajstić information content (AvgIpc) is 3.08. The molecule has 0 fully saturated rings. The van der Waals surface area contributed by atoms with Gasteiger partial charge < -0.3 is 15.0 Å². The van der Waals surface area contributed by atoms with Crippen LogP contribution in [-0.2, 0) is 20.7 Å². The third-order valence-corrected chi connectivity index (χ3v) is 3.95. The molecule has 0 saturated carbocycles. The molecular formula is C19H15F3N2O3. The molecule has 1 amide bonds. The number of rotatable bonds is 6. The zero-order valence-corrected chi connectivity index (χ0v) is 14.0. The maximum atomic E-state index is 13.5. The van der Waals surface area contributed by atoms with E-state index >= 15 is 0 Å². The predicted molar refractivity (Wildman–Crippen MR) is 92.5 cm³/mol. The summed E-state index contributed by atoms with van der Waals surface area (Å²) >= 11 is 0. The molecule has 0 aliphatic heterocycles. The molecule has 0 atom stereocenters. The van der Waals surface area contributed by atoms with Gasteiger partial charge in [0.2, 0.25) is 0 Å². The number of anilines is 1. The third-order valence-electron chi connectivity index (χ3n) is 3.95. The molecule has 0 aliphatic carbocycles. The molecule has 1 heterocycles. The first-order valence-electron chi connectivity index (χ1n) is 8.09. The van der Waals surface area contributed by atoms with Crippen molar-refractivity contribution in [3.8, 4) is 0 Å². The number of benzene rings is 2. The van der Waals surface area contributed by atoms with Crippen LogP contribution < -0.4 is 5.32 Å². The number of esters is 1. The molecular weight excluding hydrogens is 361 g/mol. The average molecular weight is 376 g/mol. The number of ether oxygens (including phenoxy) is 1. The van der Waals surface area contributed by atoms with Gasteiger partial charge in [-0.3, -0.25) is 9.59 Å². The maximum Gasteiger partial charge on any atom is 0.306 e. The number of carbonyl (C=O) groups is 2. The highest BCUT2D eigenvalue weighted by Gasteiger charge is 2.16. The molecule has 0 aliphatic rings. The van der Waals surface area contributed by atoms with Gasteiger partial charge in [0, 0.05) is 23.5 Å². The Morgan fingerprint density at radius 2 is 1.81 bits per heavy atom. The Balaban J connectivity index is 1.49. The summed E-state index contributed by atoms with van der Waals surface area (Å²) < 4.78 is 44.3. The minimum absolute atomic E-state index is 0.0503. The van der Waals surface area contributed by atoms with Crippen LogP contribution in [0.15, 0.2) is 42.6 Å². The minimum atomic E-state index is -1.69. The lowest BCUT2D eigenvalue weighted by Gasteiger charge is -2.08. The topological polar surface area (TPSA) is 71.2 Å². The van der Waals surface area contributed by atoms with Gasteiger partial charge in [-0.05, 0) is 30.2 Å². The molecule has 2 N–H and O–H groups in total. The van der Waals surface area contributed by atoms with Crippen molar-refractivity contribution >= 4 is 28.5 Å². The SMILES string of the molecule is O=C(COC(=O)CCc1c[nH]c2ccccc12)Nc1ccc(F)c(F)c1F. The van der Waals surface area contributed by atoms with Gasteiger partial charge in [-0.2, -0.15) is 0 Å². The van der Waals surface area contributed by atoms with E-state index in [2.05, 4.69) is 4.98 Å². The van der Waals surface area contributed by atoms with Crippen LogP contribution in [0, 0.1) is 17.5 Å². The number of H-pyrrole nitrogens is 1. The second-order valence-corrected chi connectivity index (χ2v) is 5.79. The van der Waals surface area contributed by atoms with Gasteiger partial charge in [-0.1, -0.05) is 18.2 Å². The van der Waals surface area contributed by atoms with Crippen molar-refractivity contribution in [1.82, 2.24) is 4.98 Å². The molecule has 1 aromatic heterocycles. The first-order valence-corrected chi connectivity index (χ1v) is 8.09. The molecule has 140 valence electrons. The highest BCUT2D eigenvalue weighted by molar-refractivity contribution is 5.93. The number of aromatic nitrogens is 1. The van der Waals surface area contributed by atoms with Gasteiger partial charge >= 0.3 is 5.97 Å². The van der Waals surface area contributed by atoms with Crippen LogP contribution >= 0.6 is 0 Å². The lowest BCUT2D eigenvalue weighted by molar-refractivity contribution is -0.147. The van der Waals surface area contributed by atoms with Gasteiger partial charge in [0.15, 0.2) is 24.1 Å². The second-order valence-electron chi connectivity index (χ2n) is 5.79. The lowest BCUT2D eigenvalue weighted by atomic mass is 10.1. The van der Waals surface area contributed by atoms with Gasteiger partial charge in [0.1, 0.15) is 0 Å². The Morgan fingerprint density at radius 1 is 1.04 bits per heavy atom. The van der Waals surface area contributed by atoms with E-state index in [4.69, 9.17) is 4.74 Å². The van der Waals surface area contributed by atoms with Crippen molar-refractivity contribution in [2.75, 3.05) is 11.9 Å². The Labute approximate surface area is 152 Å². The molecule has 0 saturated heterocycles. The quantitative estimate of drug-likeness (QED) is 0.509. The summed E-state index contributed by atoms with van der Waals surface area (Å²) in [5, 5.41) is 3.02. The van der Waals surface area contributed by atoms with E-state index in [-0.39, 0.29) is 6.42 Å². The number of carbonyl (C=O) groups excluding carboxylic acids is 2. The van der Waals surface area contributed by atoms with Crippen LogP contribution in [0.3, 0.4) is 0 Å². The fraction of sp³-hybridized carbons (Fsp3) is 0.158. The molecule has 0 bridgehead atoms. The maximum absolute atomic E-state index is 13.5. The highest BCUT2D eigenvalue weighted by atomic mass is 19.2. The fourth-order valence-corrected chi connectivity index (χ4v) is 2.60. The predicted octanol–water partition coefficient (Wildman–Crippen LogP) is 3.70. The molecule has 5 nitrogen and oxygen atoms in total. The summed E-state index contributed by atoms with van der Waals surface area (Å²) in [6, 6.07) is 9.19. The standard InChI is InChI=1S/C19H15F3N2O3/c20-13-6-7-15(19(22)18(13)21)24-16(25)10-27-17(26)8-5-11-9-23-14-4-2-1-3-12(11)14/h1-4,6-7,9,23H,5,8,10H2,(H,24,25). The monoisotopic (exact) mass is 376 g/mol. The Kier molecular flexibility index (Phi) is 5.44. The van der Waals surface area contributed by atoms with E-state index < -0.39 is 41.6 Å². The van der Waals surface area contributed by atoms with E-state index in [1.54, 1.807) is 6.20 Å². The van der Waals surface area contributed by atoms with Crippen LogP contribution in [0.25, 0.3) is 10.9 Å². The Morgan fingerprint density at radius 3 is 2.63 bits per heavy atom. The summed E-state index contributed by atoms with van der Waals surface area (Å²) in [5.41, 5.74) is 1.36. The van der Waals surface area contributed by atoms with Crippen molar-refractivity contribution < 1.29 is 27.5 Å². The number of halogens is 3. The van der Waals surface area contributed by atoms with Crippen LogP contribution in [0.5, 0.6) is 0 Å². The smallest absolute Gasteiger partial charge is 0.306 e. The lowest BCUT2D eigenvalue weighted by Crippen LogP contribution is -2.22. The van der Waals surface area contributed by atoms with Crippen molar-refractivity contribution in [2.45, 2.75) is 12.8 Å². The van der Waals surface area contributed by atoms with E-state index in [1.807, 2.05) is 29.6 Å². The van der Waals surface area contributed by atoms with Crippen molar-refractivity contribution in [3.05, 3.63) is 65.6 Å². The first kappa shape index (κ1) is 18.5. The number of hydrogen-bond acceptors (Lipinski definition) is 3. The summed E-state index contributed by atoms with van der Waals surface area (Å²) in [6.45, 7) is -0.662. The number of aromatic amines is 1. The van der Waals surface area contributed by atoms with Gasteiger partial charge in [-0.25, -0.2) is 13.2 Å². The Hall–Kier alpha value is -3.29. The normalized spacial score (nSPS) is 10.8. The largest absolute Gasteiger partial charge is 0.456 e. The minimum Gasteiger partial charge on any atom is -0.456 e. The molecule has 0 unspecified atom stereocenters. The molecule has 3 aromatic rings. The molecule has 3 rings (SSSR count). The van der Waals surface area contributed by atoms with Gasteiger partial charge in [0.05, 0.1) is 5.69 Å². The van der Waals surface area contributed by atoms with Gasteiger partial charge in [-0.15, -0.1) is 0 Å². The van der Waals surface area contributed by atoms with E-state index in [1.165, 1.54) is 0 Å². The second kappa shape index (κ2) is 7.94. The fourth-order valence-electron chi connectivity index (χ4n) is 2.60. The van der Waals surface area contributed by atoms with Crippen LogP contribution in [0.1, 0.15) is 12.0 Å². The van der Waals surface area contributed by atoms with Crippen molar-refractivity contribution in [3.63, 3.8) is 0 Å². The van der Waals surface area contributed by atoms with Crippen LogP contribution in [0.2, 0.25) is 0 Å². The van der Waals surface area contributed by atoms with Gasteiger partial charge in [0.25, 0.3) is 5.91 Å². The van der Waals surface area contributed by atoms with E-state index in [0.29, 0.717) is 12.5 Å². The number of hydrogen-bond donors (Lipinski definition) is 2. The first-order chi connectivity index (χ1) is 13.0. The molecule has 27 heavy (non-hydrogen) atoms. The highest BCUT2D eigenvalue weighted by Crippen LogP contribution is 2.20. The number of fused-ring (bicyclic) bond motifs is 1. The van der Waals surface area contributed by atoms with Crippen LogP contribution in [0.4, 0.5) is 18.9 Å². The molecule has 0 spiro atoms. The number of aryl methyl sites for hydroxylation is 1. The number of para-hydroxylation sites is 1. The van der Waals surface area contributed by atoms with E-state index in [9.17, 15) is 22.8 Å². The summed E-state index contributed by atoms with van der Waals surface area (Å²) in [4.78, 5) is 26.6. The van der Waals surface area contributed by atoms with Crippen molar-refractivity contribution in [1.29, 1.82) is 0 Å². The van der Waals surface area contributed by atoms with Crippen molar-refractivity contribution in [2.24, 2.45) is 0 Å². The summed E-state index contributed by atoms with van der Waals surface area (Å²) in [5.74, 6) is -6.05. The zero-order valence-electron chi connectivity index (χ0n) is 14.0. The summed E-state index contributed by atoms with van der Waals surface area (Å²) in [6.07, 6.45) is 2.27. The zero-order chi connectivity index (χ0) is 19.4. The molecule has 8 heteroatoms.